The highest BCUT2D eigenvalue weighted by Gasteiger charge is 2.27. The highest BCUT2D eigenvalue weighted by molar-refractivity contribution is 5.77. The molecule has 0 spiro atoms. The predicted octanol–water partition coefficient (Wildman–Crippen LogP) is 5.71. The molecule has 0 N–H and O–H groups in total. The number of ether oxygens (including phenoxy) is 4. The zero-order valence-corrected chi connectivity index (χ0v) is 24.4. The third kappa shape index (κ3) is 21.5. The summed E-state index contributed by atoms with van der Waals surface area (Å²) in [4.78, 5) is 55.8. The summed E-state index contributed by atoms with van der Waals surface area (Å²) < 4.78 is 19.9. The smallest absolute Gasteiger partial charge is 0.314 e. The molecule has 0 aliphatic rings. The van der Waals surface area contributed by atoms with E-state index in [4.69, 9.17) is 18.9 Å². The van der Waals surface area contributed by atoms with Gasteiger partial charge in [0.1, 0.15) is 11.6 Å². The van der Waals surface area contributed by atoms with Crippen LogP contribution in [-0.4, -0.2) is 49.7 Å². The minimum atomic E-state index is -0.562. The van der Waals surface area contributed by atoms with Crippen molar-refractivity contribution in [3.05, 3.63) is 0 Å². The van der Waals surface area contributed by atoms with Crippen LogP contribution in [-0.2, 0) is 42.9 Å². The number of carbonyl (C=O) groups is 5. The lowest BCUT2D eigenvalue weighted by Crippen LogP contribution is -2.27. The van der Waals surface area contributed by atoms with Crippen LogP contribution in [0, 0.1) is 10.8 Å². The molecular weight excluding hydrogens is 480 g/mol. The second-order valence-electron chi connectivity index (χ2n) is 10.4. The van der Waals surface area contributed by atoms with Gasteiger partial charge >= 0.3 is 17.9 Å². The van der Waals surface area contributed by atoms with Crippen molar-refractivity contribution < 1.29 is 42.9 Å². The monoisotopic (exact) mass is 530 g/mol. The number of unbranched alkanes of at least 4 members (excludes halogenated alkanes) is 3. The summed E-state index contributed by atoms with van der Waals surface area (Å²) in [7, 11) is 0. The van der Waals surface area contributed by atoms with Gasteiger partial charge in [-0.15, -0.1) is 0 Å². The molecule has 37 heavy (non-hydrogen) atoms. The number of ketones is 2. The van der Waals surface area contributed by atoms with Gasteiger partial charge in [-0.25, -0.2) is 0 Å². The highest BCUT2D eigenvalue weighted by Crippen LogP contribution is 2.22. The first-order valence-corrected chi connectivity index (χ1v) is 13.3. The van der Waals surface area contributed by atoms with Crippen LogP contribution in [0.3, 0.4) is 0 Å². The van der Waals surface area contributed by atoms with E-state index < -0.39 is 16.8 Å². The number of Topliss-reactive ketones (excluding diaryl/α,β-unsaturated/α-hetero) is 2. The van der Waals surface area contributed by atoms with Crippen LogP contribution < -0.4 is 0 Å². The first-order chi connectivity index (χ1) is 17.2. The topological polar surface area (TPSA) is 122 Å². The molecule has 0 radical (unpaired) electrons. The molecular formula is C28H50O9. The molecule has 216 valence electrons. The lowest BCUT2D eigenvalue weighted by atomic mass is 9.91. The standard InChI is InChI=1S/C14H24O5.C14H26O4/c1-5-14(3,4)13(17)19-10-18-12(16)9-7-6-8-11(2)15;1-5-14(3,4)13(16)18-11-17-10-8-6-7-9-12(2)15/h5-10H2,1-4H3;5-11H2,1-4H3. The summed E-state index contributed by atoms with van der Waals surface area (Å²) in [5.41, 5.74) is -1.00. The summed E-state index contributed by atoms with van der Waals surface area (Å²) in [6.45, 7) is 14.5. The van der Waals surface area contributed by atoms with Crippen molar-refractivity contribution in [2.75, 3.05) is 20.2 Å². The molecule has 0 aliphatic carbocycles. The van der Waals surface area contributed by atoms with Gasteiger partial charge in [0.25, 0.3) is 0 Å². The Morgan fingerprint density at radius 3 is 1.46 bits per heavy atom. The Bertz CT molecular complexity index is 696. The molecule has 0 heterocycles. The zero-order chi connectivity index (χ0) is 28.9. The Hall–Kier alpha value is -2.29. The van der Waals surface area contributed by atoms with Crippen molar-refractivity contribution in [2.45, 2.75) is 120 Å². The number of rotatable bonds is 19. The molecule has 9 nitrogen and oxygen atoms in total. The largest absolute Gasteiger partial charge is 0.438 e. The van der Waals surface area contributed by atoms with Gasteiger partial charge in [0.2, 0.25) is 6.79 Å². The van der Waals surface area contributed by atoms with Crippen molar-refractivity contribution in [3.8, 4) is 0 Å². The van der Waals surface area contributed by atoms with E-state index in [-0.39, 0.29) is 43.5 Å². The molecule has 0 aromatic heterocycles. The van der Waals surface area contributed by atoms with E-state index in [0.717, 1.165) is 25.7 Å². The molecule has 0 aromatic rings. The van der Waals surface area contributed by atoms with E-state index in [1.165, 1.54) is 6.92 Å². The van der Waals surface area contributed by atoms with Gasteiger partial charge in [-0.1, -0.05) is 20.3 Å². The first-order valence-electron chi connectivity index (χ1n) is 13.3. The van der Waals surface area contributed by atoms with Gasteiger partial charge in [0, 0.05) is 19.3 Å². The van der Waals surface area contributed by atoms with Gasteiger partial charge in [-0.3, -0.25) is 14.4 Å². The Labute approximate surface area is 223 Å². The van der Waals surface area contributed by atoms with E-state index in [9.17, 15) is 24.0 Å². The van der Waals surface area contributed by atoms with Crippen LogP contribution >= 0.6 is 0 Å². The molecule has 0 saturated heterocycles. The van der Waals surface area contributed by atoms with Gasteiger partial charge < -0.3 is 28.5 Å². The molecule has 0 atom stereocenters. The van der Waals surface area contributed by atoms with Gasteiger partial charge in [0.15, 0.2) is 6.79 Å². The second-order valence-corrected chi connectivity index (χ2v) is 10.4. The zero-order valence-electron chi connectivity index (χ0n) is 24.4. The van der Waals surface area contributed by atoms with E-state index in [2.05, 4.69) is 0 Å². The predicted molar refractivity (Wildman–Crippen MR) is 140 cm³/mol. The lowest BCUT2D eigenvalue weighted by Gasteiger charge is -2.20. The lowest BCUT2D eigenvalue weighted by molar-refractivity contribution is -0.174. The Morgan fingerprint density at radius 2 is 1.00 bits per heavy atom. The molecule has 0 unspecified atom stereocenters. The van der Waals surface area contributed by atoms with Crippen LogP contribution in [0.2, 0.25) is 0 Å². The minimum absolute atomic E-state index is 0.0228. The molecule has 9 heteroatoms. The Kier molecular flexibility index (Phi) is 20.7. The summed E-state index contributed by atoms with van der Waals surface area (Å²) >= 11 is 0. The van der Waals surface area contributed by atoms with Crippen molar-refractivity contribution in [1.29, 1.82) is 0 Å². The molecule has 0 amide bonds. The summed E-state index contributed by atoms with van der Waals surface area (Å²) in [6.07, 6.45) is 6.80. The first kappa shape index (κ1) is 36.9. The average molecular weight is 531 g/mol. The van der Waals surface area contributed by atoms with Crippen LogP contribution in [0.25, 0.3) is 0 Å². The summed E-state index contributed by atoms with van der Waals surface area (Å²) in [5.74, 6) is -0.664. The molecule has 0 fully saturated rings. The number of hydrogen-bond donors (Lipinski definition) is 0. The van der Waals surface area contributed by atoms with Crippen LogP contribution in [0.5, 0.6) is 0 Å². The number of hydrogen-bond acceptors (Lipinski definition) is 9. The number of carbonyl (C=O) groups excluding carboxylic acids is 5. The second kappa shape index (κ2) is 20.7. The van der Waals surface area contributed by atoms with E-state index in [1.54, 1.807) is 20.8 Å². The van der Waals surface area contributed by atoms with E-state index in [1.807, 2.05) is 27.7 Å². The normalized spacial score (nSPS) is 11.1. The molecule has 0 bridgehead atoms. The van der Waals surface area contributed by atoms with Crippen LogP contribution in [0.4, 0.5) is 0 Å². The maximum absolute atomic E-state index is 11.6. The van der Waals surface area contributed by atoms with Gasteiger partial charge in [-0.2, -0.15) is 0 Å². The van der Waals surface area contributed by atoms with Crippen molar-refractivity contribution >= 4 is 29.5 Å². The summed E-state index contributed by atoms with van der Waals surface area (Å²) in [6, 6.07) is 0. The van der Waals surface area contributed by atoms with Crippen LogP contribution in [0.1, 0.15) is 120 Å². The molecule has 0 saturated carbocycles. The number of esters is 3. The van der Waals surface area contributed by atoms with Crippen molar-refractivity contribution in [1.82, 2.24) is 0 Å². The molecule has 0 rings (SSSR count). The fraction of sp³-hybridized carbons (Fsp3) is 0.821. The fourth-order valence-corrected chi connectivity index (χ4v) is 2.45. The third-order valence-corrected chi connectivity index (χ3v) is 6.03. The van der Waals surface area contributed by atoms with Crippen LogP contribution in [0.15, 0.2) is 0 Å². The highest BCUT2D eigenvalue weighted by atomic mass is 16.7. The Morgan fingerprint density at radius 1 is 0.568 bits per heavy atom. The van der Waals surface area contributed by atoms with E-state index in [0.29, 0.717) is 38.7 Å². The SMILES string of the molecule is CCC(C)(C)C(=O)OCOC(=O)CCCCC(C)=O.CCC(C)(C)C(=O)OCOCCCCCC(C)=O. The van der Waals surface area contributed by atoms with Gasteiger partial charge in [-0.05, 0) is 80.1 Å². The molecule has 0 aliphatic heterocycles. The van der Waals surface area contributed by atoms with Crippen molar-refractivity contribution in [2.24, 2.45) is 10.8 Å². The molecule has 0 aromatic carbocycles. The quantitative estimate of drug-likeness (QED) is 0.117. The van der Waals surface area contributed by atoms with Gasteiger partial charge in [0.05, 0.1) is 17.4 Å². The third-order valence-electron chi connectivity index (χ3n) is 6.03. The fourth-order valence-electron chi connectivity index (χ4n) is 2.45. The minimum Gasteiger partial charge on any atom is -0.438 e. The maximum Gasteiger partial charge on any atom is 0.314 e. The van der Waals surface area contributed by atoms with Crippen molar-refractivity contribution in [3.63, 3.8) is 0 Å². The average Bonchev–Trinajstić information content (AvgIpc) is 2.83. The summed E-state index contributed by atoms with van der Waals surface area (Å²) in [5, 5.41) is 0. The Balaban J connectivity index is 0. The maximum atomic E-state index is 11.6. The van der Waals surface area contributed by atoms with E-state index >= 15 is 0 Å².